The Morgan fingerprint density at radius 3 is 1.92 bits per heavy atom. The van der Waals surface area contributed by atoms with E-state index in [1.54, 1.807) is 5.20 Å². The molecule has 0 heterocycles. The van der Waals surface area contributed by atoms with E-state index in [0.29, 0.717) is 0 Å². The lowest BCUT2D eigenvalue weighted by Crippen LogP contribution is -2.23. The van der Waals surface area contributed by atoms with Gasteiger partial charge in [0.1, 0.15) is 0 Å². The van der Waals surface area contributed by atoms with Crippen LogP contribution in [-0.4, -0.2) is 8.07 Å². The Morgan fingerprint density at radius 2 is 1.75 bits per heavy atom. The molecule has 0 aromatic rings. The molecule has 0 saturated carbocycles. The van der Waals surface area contributed by atoms with Gasteiger partial charge >= 0.3 is 0 Å². The van der Waals surface area contributed by atoms with Crippen LogP contribution in [-0.2, 0) is 0 Å². The summed E-state index contributed by atoms with van der Waals surface area (Å²) in [5.41, 5.74) is 0.278. The van der Waals surface area contributed by atoms with E-state index < -0.39 is 8.07 Å². The highest BCUT2D eigenvalue weighted by Gasteiger charge is 2.30. The second-order valence-corrected chi connectivity index (χ2v) is 10.7. The molecule has 12 heavy (non-hydrogen) atoms. The van der Waals surface area contributed by atoms with Crippen molar-refractivity contribution < 1.29 is 0 Å². The first-order chi connectivity index (χ1) is 5.25. The molecule has 1 atom stereocenters. The van der Waals surface area contributed by atoms with E-state index in [2.05, 4.69) is 54.9 Å². The maximum Gasteiger partial charge on any atom is 0.0780 e. The van der Waals surface area contributed by atoms with E-state index in [4.69, 9.17) is 0 Å². The van der Waals surface area contributed by atoms with Gasteiger partial charge in [0.15, 0.2) is 0 Å². The van der Waals surface area contributed by atoms with Crippen LogP contribution >= 0.6 is 9.24 Å². The fourth-order valence-corrected chi connectivity index (χ4v) is 4.68. The predicted molar refractivity (Wildman–Crippen MR) is 63.0 cm³/mol. The zero-order chi connectivity index (χ0) is 9.57. The largest absolute Gasteiger partial charge is 0.109 e. The molecular weight excluding hydrogens is 179 g/mol. The van der Waals surface area contributed by atoms with Gasteiger partial charge in [-0.1, -0.05) is 50.8 Å². The summed E-state index contributed by atoms with van der Waals surface area (Å²) in [5.74, 6) is 0. The van der Waals surface area contributed by atoms with Crippen LogP contribution in [0.4, 0.5) is 0 Å². The molecule has 0 aromatic carbocycles. The van der Waals surface area contributed by atoms with Crippen molar-refractivity contribution >= 4 is 17.3 Å². The molecule has 1 aliphatic carbocycles. The Morgan fingerprint density at radius 1 is 1.25 bits per heavy atom. The van der Waals surface area contributed by atoms with E-state index in [1.807, 2.05) is 0 Å². The summed E-state index contributed by atoms with van der Waals surface area (Å²) in [7, 11) is 1.82. The molecule has 1 rings (SSSR count). The summed E-state index contributed by atoms with van der Waals surface area (Å²) in [6, 6.07) is 0. The van der Waals surface area contributed by atoms with Crippen LogP contribution in [0.2, 0.25) is 19.6 Å². The number of allylic oxidation sites excluding steroid dienone is 4. The third kappa shape index (κ3) is 1.72. The van der Waals surface area contributed by atoms with Crippen LogP contribution in [0.3, 0.4) is 0 Å². The highest BCUT2D eigenvalue weighted by molar-refractivity contribution is 7.23. The third-order valence-electron chi connectivity index (χ3n) is 2.46. The second kappa shape index (κ2) is 2.82. The lowest BCUT2D eigenvalue weighted by atomic mass is 9.96. The van der Waals surface area contributed by atoms with Gasteiger partial charge in [0.05, 0.1) is 8.07 Å². The highest BCUT2D eigenvalue weighted by atomic mass is 31.0. The Balaban J connectivity index is 3.11. The summed E-state index contributed by atoms with van der Waals surface area (Å²) < 4.78 is 0. The van der Waals surface area contributed by atoms with Crippen molar-refractivity contribution in [3.8, 4) is 0 Å². The van der Waals surface area contributed by atoms with Gasteiger partial charge in [0, 0.05) is 5.41 Å². The normalized spacial score (nSPS) is 22.2. The van der Waals surface area contributed by atoms with Gasteiger partial charge in [-0.05, 0) is 5.31 Å². The molecule has 0 radical (unpaired) electrons. The first-order valence-corrected chi connectivity index (χ1v) is 8.53. The number of rotatable bonds is 1. The fraction of sp³-hybridized carbons (Fsp3) is 0.600. The molecular formula is C10H19PSi. The summed E-state index contributed by atoms with van der Waals surface area (Å²) in [5, 5.41) is 3.11. The molecule has 0 aromatic heterocycles. The predicted octanol–water partition coefficient (Wildman–Crippen LogP) is 3.59. The van der Waals surface area contributed by atoms with Crippen LogP contribution in [0, 0.1) is 5.41 Å². The molecule has 0 nitrogen and oxygen atoms in total. The molecule has 0 saturated heterocycles. The van der Waals surface area contributed by atoms with Gasteiger partial charge < -0.3 is 0 Å². The molecule has 0 fully saturated rings. The average molecular weight is 198 g/mol. The molecule has 1 unspecified atom stereocenters. The van der Waals surface area contributed by atoms with Crippen LogP contribution in [0.1, 0.15) is 13.8 Å². The summed E-state index contributed by atoms with van der Waals surface area (Å²) in [4.78, 5) is 0. The smallest absolute Gasteiger partial charge is 0.0780 e. The molecule has 0 bridgehead atoms. The molecule has 0 spiro atoms. The van der Waals surface area contributed by atoms with E-state index >= 15 is 0 Å². The molecule has 1 aliphatic rings. The minimum absolute atomic E-state index is 0.278. The van der Waals surface area contributed by atoms with Gasteiger partial charge in [-0.2, -0.15) is 0 Å². The zero-order valence-electron chi connectivity index (χ0n) is 8.73. The Kier molecular flexibility index (Phi) is 2.40. The van der Waals surface area contributed by atoms with Crippen LogP contribution in [0.25, 0.3) is 0 Å². The quantitative estimate of drug-likeness (QED) is 0.446. The van der Waals surface area contributed by atoms with E-state index in [-0.39, 0.29) is 5.41 Å². The summed E-state index contributed by atoms with van der Waals surface area (Å²) in [6.07, 6.45) is 4.65. The maximum absolute atomic E-state index is 2.92. The van der Waals surface area contributed by atoms with Gasteiger partial charge in [-0.25, -0.2) is 0 Å². The minimum atomic E-state index is -1.10. The SMILES string of the molecule is CC1(C)C=CC([Si](C)(C)C)=C1P. The number of hydrogen-bond donors (Lipinski definition) is 0. The molecule has 0 N–H and O–H groups in total. The first kappa shape index (κ1) is 10.2. The molecule has 68 valence electrons. The standard InChI is InChI=1S/C10H19PSi/c1-10(2)7-6-8(9(10)11)12(3,4)5/h6-7H,11H2,1-5H3. The average Bonchev–Trinajstić information content (AvgIpc) is 2.06. The minimum Gasteiger partial charge on any atom is -0.109 e. The van der Waals surface area contributed by atoms with Crippen molar-refractivity contribution in [2.24, 2.45) is 5.41 Å². The van der Waals surface area contributed by atoms with E-state index in [0.717, 1.165) is 0 Å². The summed E-state index contributed by atoms with van der Waals surface area (Å²) in [6.45, 7) is 11.8. The monoisotopic (exact) mass is 198 g/mol. The molecule has 0 amide bonds. The van der Waals surface area contributed by atoms with Crippen molar-refractivity contribution in [2.75, 3.05) is 0 Å². The van der Waals surface area contributed by atoms with Crippen LogP contribution < -0.4 is 0 Å². The zero-order valence-corrected chi connectivity index (χ0v) is 10.9. The lowest BCUT2D eigenvalue weighted by Gasteiger charge is -2.23. The van der Waals surface area contributed by atoms with Crippen LogP contribution in [0.5, 0.6) is 0 Å². The summed E-state index contributed by atoms with van der Waals surface area (Å²) >= 11 is 0. The Bertz CT molecular complexity index is 254. The van der Waals surface area contributed by atoms with Crippen molar-refractivity contribution in [3.63, 3.8) is 0 Å². The van der Waals surface area contributed by atoms with Crippen molar-refractivity contribution in [3.05, 3.63) is 22.7 Å². The van der Waals surface area contributed by atoms with Crippen molar-refractivity contribution in [2.45, 2.75) is 33.5 Å². The Labute approximate surface area is 79.3 Å². The van der Waals surface area contributed by atoms with Gasteiger partial charge in [-0.15, -0.1) is 9.24 Å². The molecule has 2 heteroatoms. The van der Waals surface area contributed by atoms with E-state index in [1.165, 1.54) is 5.31 Å². The topological polar surface area (TPSA) is 0 Å². The third-order valence-corrected chi connectivity index (χ3v) is 5.85. The Hall–Kier alpha value is 0.127. The second-order valence-electron chi connectivity index (χ2n) is 5.13. The van der Waals surface area contributed by atoms with Gasteiger partial charge in [-0.3, -0.25) is 0 Å². The van der Waals surface area contributed by atoms with Crippen molar-refractivity contribution in [1.82, 2.24) is 0 Å². The fourth-order valence-electron chi connectivity index (χ4n) is 1.47. The lowest BCUT2D eigenvalue weighted by molar-refractivity contribution is 0.623. The highest BCUT2D eigenvalue weighted by Crippen LogP contribution is 2.43. The van der Waals surface area contributed by atoms with Crippen molar-refractivity contribution in [1.29, 1.82) is 0 Å². The number of hydrogen-bond acceptors (Lipinski definition) is 0. The first-order valence-electron chi connectivity index (χ1n) is 4.45. The van der Waals surface area contributed by atoms with Crippen LogP contribution in [0.15, 0.2) is 22.7 Å². The van der Waals surface area contributed by atoms with Gasteiger partial charge in [0.25, 0.3) is 0 Å². The van der Waals surface area contributed by atoms with Gasteiger partial charge in [0.2, 0.25) is 0 Å². The molecule has 0 aliphatic heterocycles. The maximum atomic E-state index is 2.92. The van der Waals surface area contributed by atoms with E-state index in [9.17, 15) is 0 Å².